The minimum atomic E-state index is -1.60. The van der Waals surface area contributed by atoms with Crippen LogP contribution in [0.15, 0.2) is 45.6 Å². The van der Waals surface area contributed by atoms with Crippen LogP contribution in [0.1, 0.15) is 39.9 Å². The third kappa shape index (κ3) is 3.24. The number of fused-ring (bicyclic) bond motifs is 2. The molecule has 0 unspecified atom stereocenters. The number of Topliss-reactive ketones (excluding diaryl/α,β-unsaturated/α-hetero) is 1. The van der Waals surface area contributed by atoms with Gasteiger partial charge in [-0.05, 0) is 54.4 Å². The first-order chi connectivity index (χ1) is 14.5. The normalized spacial score (nSPS) is 15.2. The second kappa shape index (κ2) is 7.41. The van der Waals surface area contributed by atoms with Gasteiger partial charge >= 0.3 is 12.7 Å². The summed E-state index contributed by atoms with van der Waals surface area (Å²) in [6.45, 7) is 2.07. The predicted octanol–water partition coefficient (Wildman–Crippen LogP) is 1.60. The van der Waals surface area contributed by atoms with E-state index in [0.717, 1.165) is 49.7 Å². The van der Waals surface area contributed by atoms with Crippen LogP contribution in [0.3, 0.4) is 0 Å². The van der Waals surface area contributed by atoms with Crippen LogP contribution in [0.2, 0.25) is 0 Å². The average molecular weight is 403 g/mol. The van der Waals surface area contributed by atoms with E-state index >= 15 is 0 Å². The summed E-state index contributed by atoms with van der Waals surface area (Å²) in [7, 11) is -1.60. The smallest absolute Gasteiger partial charge is 0.423 e. The molecule has 0 radical (unpaired) electrons. The van der Waals surface area contributed by atoms with Crippen molar-refractivity contribution in [1.29, 1.82) is 0 Å². The zero-order valence-electron chi connectivity index (χ0n) is 16.6. The predicted molar refractivity (Wildman–Crippen MR) is 116 cm³/mol. The second-order valence-corrected chi connectivity index (χ2v) is 8.14. The summed E-state index contributed by atoms with van der Waals surface area (Å²) < 4.78 is 5.70. The first-order valence-corrected chi connectivity index (χ1v) is 10.4. The number of ketones is 1. The molecule has 2 aromatic carbocycles. The van der Waals surface area contributed by atoms with Gasteiger partial charge in [0.2, 0.25) is 0 Å². The number of benzene rings is 2. The molecule has 152 valence electrons. The fourth-order valence-corrected chi connectivity index (χ4v) is 4.78. The van der Waals surface area contributed by atoms with E-state index in [2.05, 4.69) is 11.0 Å². The number of carbonyl (C=O) groups excluding carboxylic acids is 1. The summed E-state index contributed by atoms with van der Waals surface area (Å²) in [4.78, 5) is 28.0. The number of aryl methyl sites for hydroxylation is 2. The standard InChI is InChI=1S/C23H22BNO5/c26-20(11-14-4-1-6-17(10-14)24(28)29)19-13-16-12-15-5-2-8-25-9-3-7-18(21(15)25)22(16)30-23(19)27/h1,4,6,10,12-13,28-29H,2-3,5,7-9,11H2. The lowest BCUT2D eigenvalue weighted by Crippen LogP contribution is -2.34. The molecule has 2 aliphatic heterocycles. The molecule has 0 saturated carbocycles. The minimum absolute atomic E-state index is 0.0115. The van der Waals surface area contributed by atoms with Crippen LogP contribution in [0.4, 0.5) is 5.69 Å². The van der Waals surface area contributed by atoms with Crippen LogP contribution < -0.4 is 16.0 Å². The van der Waals surface area contributed by atoms with E-state index in [4.69, 9.17) is 4.42 Å². The minimum Gasteiger partial charge on any atom is -0.423 e. The zero-order chi connectivity index (χ0) is 20.8. The van der Waals surface area contributed by atoms with Gasteiger partial charge in [0.05, 0.1) is 0 Å². The second-order valence-electron chi connectivity index (χ2n) is 8.14. The van der Waals surface area contributed by atoms with Gasteiger partial charge in [-0.3, -0.25) is 4.79 Å². The molecule has 1 aromatic heterocycles. The van der Waals surface area contributed by atoms with Crippen LogP contribution in [0.25, 0.3) is 11.0 Å². The molecule has 5 rings (SSSR count). The van der Waals surface area contributed by atoms with Gasteiger partial charge in [-0.25, -0.2) is 4.79 Å². The van der Waals surface area contributed by atoms with Gasteiger partial charge in [-0.15, -0.1) is 0 Å². The molecule has 0 bridgehead atoms. The van der Waals surface area contributed by atoms with E-state index in [-0.39, 0.29) is 17.8 Å². The Morgan fingerprint density at radius 2 is 1.90 bits per heavy atom. The molecule has 3 aromatic rings. The van der Waals surface area contributed by atoms with Gasteiger partial charge in [0.1, 0.15) is 11.1 Å². The van der Waals surface area contributed by atoms with Crippen LogP contribution >= 0.6 is 0 Å². The fourth-order valence-electron chi connectivity index (χ4n) is 4.78. The van der Waals surface area contributed by atoms with Crippen molar-refractivity contribution < 1.29 is 19.3 Å². The molecule has 0 spiro atoms. The lowest BCUT2D eigenvalue weighted by atomic mass is 9.79. The van der Waals surface area contributed by atoms with Gasteiger partial charge in [0.25, 0.3) is 0 Å². The highest BCUT2D eigenvalue weighted by Gasteiger charge is 2.27. The van der Waals surface area contributed by atoms with Crippen molar-refractivity contribution in [2.45, 2.75) is 32.1 Å². The maximum atomic E-state index is 12.9. The van der Waals surface area contributed by atoms with Crippen molar-refractivity contribution in [2.75, 3.05) is 18.0 Å². The van der Waals surface area contributed by atoms with E-state index in [1.807, 2.05) is 0 Å². The molecular weight excluding hydrogens is 381 g/mol. The fraction of sp³-hybridized carbons (Fsp3) is 0.304. The molecule has 7 heteroatoms. The Kier molecular flexibility index (Phi) is 4.72. The molecule has 0 aliphatic carbocycles. The number of nitrogens with zero attached hydrogens (tertiary/aromatic N) is 1. The molecule has 0 saturated heterocycles. The van der Waals surface area contributed by atoms with Crippen LogP contribution in [-0.2, 0) is 19.3 Å². The lowest BCUT2D eigenvalue weighted by Gasteiger charge is -2.37. The highest BCUT2D eigenvalue weighted by Crippen LogP contribution is 2.39. The number of hydrogen-bond acceptors (Lipinski definition) is 6. The molecule has 30 heavy (non-hydrogen) atoms. The molecule has 3 heterocycles. The SMILES string of the molecule is O=C(Cc1cccc(B(O)O)c1)c1cc2cc3c4c(c2oc1=O)CCCN4CCC3. The lowest BCUT2D eigenvalue weighted by molar-refractivity contribution is 0.0989. The average Bonchev–Trinajstić information content (AvgIpc) is 2.74. The monoisotopic (exact) mass is 403 g/mol. The Hall–Kier alpha value is -2.90. The van der Waals surface area contributed by atoms with Crippen LogP contribution in [0, 0.1) is 0 Å². The van der Waals surface area contributed by atoms with Crippen molar-refractivity contribution in [1.82, 2.24) is 0 Å². The van der Waals surface area contributed by atoms with Crippen molar-refractivity contribution in [3.05, 3.63) is 69.1 Å². The van der Waals surface area contributed by atoms with Gasteiger partial charge in [-0.1, -0.05) is 24.3 Å². The van der Waals surface area contributed by atoms with E-state index in [0.29, 0.717) is 16.6 Å². The molecule has 0 atom stereocenters. The number of carbonyl (C=O) groups is 1. The maximum Gasteiger partial charge on any atom is 0.488 e. The largest absolute Gasteiger partial charge is 0.488 e. The third-order valence-corrected chi connectivity index (χ3v) is 6.13. The number of anilines is 1. The summed E-state index contributed by atoms with van der Waals surface area (Å²) in [5.41, 5.74) is 4.52. The summed E-state index contributed by atoms with van der Waals surface area (Å²) in [6, 6.07) is 10.2. The molecule has 0 amide bonds. The summed E-state index contributed by atoms with van der Waals surface area (Å²) >= 11 is 0. The van der Waals surface area contributed by atoms with E-state index < -0.39 is 12.7 Å². The highest BCUT2D eigenvalue weighted by molar-refractivity contribution is 6.58. The Balaban J connectivity index is 1.55. The molecule has 2 aliphatic rings. The number of hydrogen-bond donors (Lipinski definition) is 2. The third-order valence-electron chi connectivity index (χ3n) is 6.13. The summed E-state index contributed by atoms with van der Waals surface area (Å²) in [5, 5.41) is 19.5. The highest BCUT2D eigenvalue weighted by atomic mass is 16.4. The van der Waals surface area contributed by atoms with E-state index in [1.165, 1.54) is 11.3 Å². The van der Waals surface area contributed by atoms with Crippen molar-refractivity contribution in [2.24, 2.45) is 0 Å². The molecule has 6 nitrogen and oxygen atoms in total. The van der Waals surface area contributed by atoms with Gasteiger partial charge in [0.15, 0.2) is 5.78 Å². The van der Waals surface area contributed by atoms with Crippen molar-refractivity contribution >= 4 is 35.0 Å². The quantitative estimate of drug-likeness (QED) is 0.391. The zero-order valence-corrected chi connectivity index (χ0v) is 16.6. The van der Waals surface area contributed by atoms with E-state index in [1.54, 1.807) is 30.3 Å². The first kappa shape index (κ1) is 19.1. The van der Waals surface area contributed by atoms with Crippen LogP contribution in [0.5, 0.6) is 0 Å². The Morgan fingerprint density at radius 1 is 1.10 bits per heavy atom. The first-order valence-electron chi connectivity index (χ1n) is 10.4. The van der Waals surface area contributed by atoms with Crippen LogP contribution in [-0.4, -0.2) is 36.0 Å². The Morgan fingerprint density at radius 3 is 2.70 bits per heavy atom. The van der Waals surface area contributed by atoms with E-state index in [9.17, 15) is 19.6 Å². The van der Waals surface area contributed by atoms with Gasteiger partial charge < -0.3 is 19.4 Å². The summed E-state index contributed by atoms with van der Waals surface area (Å²) in [6.07, 6.45) is 4.00. The van der Waals surface area contributed by atoms with Crippen molar-refractivity contribution in [3.8, 4) is 0 Å². The number of rotatable bonds is 4. The van der Waals surface area contributed by atoms with Gasteiger partial charge in [0, 0.05) is 36.1 Å². The Bertz CT molecular complexity index is 1210. The molecular formula is C23H22BNO5. The van der Waals surface area contributed by atoms with Gasteiger partial charge in [-0.2, -0.15) is 0 Å². The maximum absolute atomic E-state index is 12.9. The molecule has 0 fully saturated rings. The van der Waals surface area contributed by atoms with Crippen molar-refractivity contribution in [3.63, 3.8) is 0 Å². The topological polar surface area (TPSA) is 91.0 Å². The Labute approximate surface area is 173 Å². The summed E-state index contributed by atoms with van der Waals surface area (Å²) in [5.74, 6) is -0.344. The molecule has 2 N–H and O–H groups in total.